The van der Waals surface area contributed by atoms with E-state index in [2.05, 4.69) is 10.0 Å². The van der Waals surface area contributed by atoms with Gasteiger partial charge in [-0.15, -0.1) is 0 Å². The monoisotopic (exact) mass is 575 g/mol. The first kappa shape index (κ1) is 28.4. The molecule has 11 nitrogen and oxygen atoms in total. The van der Waals surface area contributed by atoms with Crippen molar-refractivity contribution in [1.29, 1.82) is 0 Å². The summed E-state index contributed by atoms with van der Waals surface area (Å²) < 4.78 is 87.9. The molecular formula is C23H25F4N5O6S. The minimum Gasteiger partial charge on any atom is -0.485 e. The van der Waals surface area contributed by atoms with Crippen molar-refractivity contribution in [2.24, 2.45) is 7.05 Å². The summed E-state index contributed by atoms with van der Waals surface area (Å²) in [6, 6.07) is 0.599. The summed E-state index contributed by atoms with van der Waals surface area (Å²) in [5.74, 6) is -4.15. The van der Waals surface area contributed by atoms with E-state index in [0.29, 0.717) is 6.92 Å². The van der Waals surface area contributed by atoms with E-state index in [0.717, 1.165) is 4.90 Å². The van der Waals surface area contributed by atoms with Crippen LogP contribution in [-0.2, 0) is 26.7 Å². The quantitative estimate of drug-likeness (QED) is 0.374. The lowest BCUT2D eigenvalue weighted by atomic mass is 10.0. The highest BCUT2D eigenvalue weighted by Gasteiger charge is 2.44. The number of alkyl halides is 3. The van der Waals surface area contributed by atoms with Gasteiger partial charge in [0.15, 0.2) is 11.4 Å². The van der Waals surface area contributed by atoms with Crippen LogP contribution in [0.5, 0.6) is 5.75 Å². The number of hydrogen-bond acceptors (Lipinski definition) is 6. The lowest BCUT2D eigenvalue weighted by Crippen LogP contribution is -2.59. The van der Waals surface area contributed by atoms with Crippen LogP contribution in [0.1, 0.15) is 29.4 Å². The fourth-order valence-corrected chi connectivity index (χ4v) is 5.76. The van der Waals surface area contributed by atoms with Gasteiger partial charge in [-0.25, -0.2) is 17.5 Å². The predicted octanol–water partition coefficient (Wildman–Crippen LogP) is 1.43. The van der Waals surface area contributed by atoms with Crippen molar-refractivity contribution in [2.45, 2.75) is 49.5 Å². The van der Waals surface area contributed by atoms with Gasteiger partial charge in [-0.05, 0) is 37.6 Å². The van der Waals surface area contributed by atoms with Crippen LogP contribution < -0.4 is 20.1 Å². The molecule has 4 rings (SSSR count). The molecule has 2 unspecified atom stereocenters. The molecule has 0 aliphatic carbocycles. The molecule has 0 bridgehead atoms. The molecule has 1 aromatic heterocycles. The van der Waals surface area contributed by atoms with E-state index in [-0.39, 0.29) is 47.1 Å². The smallest absolute Gasteiger partial charge is 0.408 e. The predicted molar refractivity (Wildman–Crippen MR) is 128 cm³/mol. The van der Waals surface area contributed by atoms with Gasteiger partial charge in [0.25, 0.3) is 5.91 Å². The minimum atomic E-state index is -4.75. The molecule has 212 valence electrons. The van der Waals surface area contributed by atoms with E-state index in [4.69, 9.17) is 4.74 Å². The zero-order valence-corrected chi connectivity index (χ0v) is 21.7. The van der Waals surface area contributed by atoms with Gasteiger partial charge in [0.1, 0.15) is 22.9 Å². The topological polar surface area (TPSA) is 139 Å². The van der Waals surface area contributed by atoms with Crippen molar-refractivity contribution in [3.63, 3.8) is 0 Å². The molecule has 2 aliphatic rings. The van der Waals surface area contributed by atoms with Gasteiger partial charge in [-0.1, -0.05) is 0 Å². The van der Waals surface area contributed by atoms with E-state index in [1.807, 2.05) is 0 Å². The first-order valence-corrected chi connectivity index (χ1v) is 13.2. The number of halogens is 4. The van der Waals surface area contributed by atoms with Crippen molar-refractivity contribution in [2.75, 3.05) is 18.4 Å². The number of nitrogens with one attached hydrogen (secondary N) is 3. The van der Waals surface area contributed by atoms with Crippen molar-refractivity contribution >= 4 is 33.4 Å². The van der Waals surface area contributed by atoms with Gasteiger partial charge >= 0.3 is 18.0 Å². The number of aryl methyl sites for hydroxylation is 2. The number of piperidine rings is 1. The second-order valence-corrected chi connectivity index (χ2v) is 11.0. The van der Waals surface area contributed by atoms with E-state index in [9.17, 15) is 40.4 Å². The van der Waals surface area contributed by atoms with Gasteiger partial charge in [-0.2, -0.15) is 13.2 Å². The fourth-order valence-electron chi connectivity index (χ4n) is 4.32. The Morgan fingerprint density at radius 2 is 1.92 bits per heavy atom. The Balaban J connectivity index is 1.54. The van der Waals surface area contributed by atoms with E-state index < -0.39 is 57.9 Å². The molecule has 0 saturated carbocycles. The largest absolute Gasteiger partial charge is 0.485 e. The van der Waals surface area contributed by atoms with Crippen LogP contribution in [-0.4, -0.2) is 73.1 Å². The normalized spacial score (nSPS) is 21.1. The standard InChI is InChI=1S/C23H25F4N5O6S/c1-11-8-13(4-5-14(11)24)29-20(33)18-19-17(10-31(18)3)39(36,37)30-15-9-32(7-6-16(15)38-19)22(35)21(34)28-12(2)23(25,26)27/h4-5,8,10,12,15-16,30H,6-7,9H2,1-3H3,(H,28,34)(H,29,33)/t12-,15?,16?/m0/s1. The van der Waals surface area contributed by atoms with E-state index in [1.165, 1.54) is 42.9 Å². The second-order valence-electron chi connectivity index (χ2n) is 9.36. The van der Waals surface area contributed by atoms with Gasteiger partial charge < -0.3 is 24.8 Å². The molecule has 3 atom stereocenters. The number of ether oxygens (including phenoxy) is 1. The molecule has 0 radical (unpaired) electrons. The number of amides is 3. The first-order valence-electron chi connectivity index (χ1n) is 11.7. The summed E-state index contributed by atoms with van der Waals surface area (Å²) in [6.45, 7) is 1.73. The number of hydrogen-bond donors (Lipinski definition) is 3. The summed E-state index contributed by atoms with van der Waals surface area (Å²) in [6.07, 6.45) is -4.44. The maximum atomic E-state index is 13.6. The van der Waals surface area contributed by atoms with Crippen molar-refractivity contribution in [3.8, 4) is 5.75 Å². The highest BCUT2D eigenvalue weighted by Crippen LogP contribution is 2.36. The molecule has 2 aromatic rings. The van der Waals surface area contributed by atoms with Crippen molar-refractivity contribution in [1.82, 2.24) is 19.5 Å². The third-order valence-electron chi connectivity index (χ3n) is 6.47. The first-order chi connectivity index (χ1) is 18.1. The number of rotatable bonds is 3. The Morgan fingerprint density at radius 1 is 1.23 bits per heavy atom. The van der Waals surface area contributed by atoms with Crippen LogP contribution in [0.4, 0.5) is 23.2 Å². The van der Waals surface area contributed by atoms with Crippen LogP contribution in [0.15, 0.2) is 29.3 Å². The van der Waals surface area contributed by atoms with Gasteiger partial charge in [0.2, 0.25) is 10.0 Å². The van der Waals surface area contributed by atoms with Crippen LogP contribution in [0.25, 0.3) is 0 Å². The van der Waals surface area contributed by atoms with Crippen molar-refractivity contribution < 1.29 is 45.1 Å². The Hall–Kier alpha value is -3.66. The summed E-state index contributed by atoms with van der Waals surface area (Å²) in [7, 11) is -2.85. The molecule has 39 heavy (non-hydrogen) atoms. The second kappa shape index (κ2) is 10.1. The third-order valence-corrected chi connectivity index (χ3v) is 7.95. The van der Waals surface area contributed by atoms with Crippen LogP contribution in [0.2, 0.25) is 0 Å². The zero-order valence-electron chi connectivity index (χ0n) is 20.9. The summed E-state index contributed by atoms with van der Waals surface area (Å²) >= 11 is 0. The van der Waals surface area contributed by atoms with Gasteiger partial charge in [-0.3, -0.25) is 14.4 Å². The minimum absolute atomic E-state index is 0.00752. The molecule has 1 saturated heterocycles. The SMILES string of the molecule is Cc1cc(NC(=O)c2c3c(cn2C)S(=O)(=O)NC2CN(C(=O)C(=O)N[C@@H](C)C(F)(F)F)CCC2O3)ccc1F. The number of sulfonamides is 1. The molecule has 16 heteroatoms. The molecule has 3 amide bonds. The molecule has 1 fully saturated rings. The van der Waals surface area contributed by atoms with E-state index in [1.54, 1.807) is 5.32 Å². The molecular weight excluding hydrogens is 550 g/mol. The lowest BCUT2D eigenvalue weighted by Gasteiger charge is -2.37. The van der Waals surface area contributed by atoms with Crippen LogP contribution in [0, 0.1) is 12.7 Å². The number of carbonyl (C=O) groups excluding carboxylic acids is 3. The number of likely N-dealkylation sites (tertiary alicyclic amines) is 1. The van der Waals surface area contributed by atoms with Crippen molar-refractivity contribution in [3.05, 3.63) is 41.5 Å². The summed E-state index contributed by atoms with van der Waals surface area (Å²) in [5.41, 5.74) is 0.426. The average molecular weight is 576 g/mol. The number of benzene rings is 1. The van der Waals surface area contributed by atoms with Crippen LogP contribution >= 0.6 is 0 Å². The molecule has 0 spiro atoms. The molecule has 3 N–H and O–H groups in total. The summed E-state index contributed by atoms with van der Waals surface area (Å²) in [5, 5.41) is 4.17. The fraction of sp³-hybridized carbons (Fsp3) is 0.435. The number of fused-ring (bicyclic) bond motifs is 2. The molecule has 1 aromatic carbocycles. The lowest BCUT2D eigenvalue weighted by molar-refractivity contribution is -0.162. The Bertz CT molecular complexity index is 1440. The maximum absolute atomic E-state index is 13.6. The molecule has 3 heterocycles. The number of anilines is 1. The Morgan fingerprint density at radius 3 is 2.56 bits per heavy atom. The Kier molecular flexibility index (Phi) is 7.37. The Labute approximate surface area is 220 Å². The number of aromatic nitrogens is 1. The highest BCUT2D eigenvalue weighted by atomic mass is 32.2. The van der Waals surface area contributed by atoms with E-state index >= 15 is 0 Å². The number of nitrogens with zero attached hydrogens (tertiary/aromatic N) is 2. The summed E-state index contributed by atoms with van der Waals surface area (Å²) in [4.78, 5) is 38.3. The maximum Gasteiger partial charge on any atom is 0.408 e. The highest BCUT2D eigenvalue weighted by molar-refractivity contribution is 7.89. The average Bonchev–Trinajstić information content (AvgIpc) is 3.12. The third kappa shape index (κ3) is 5.71. The number of carbonyl (C=O) groups is 3. The van der Waals surface area contributed by atoms with Gasteiger partial charge in [0.05, 0.1) is 6.04 Å². The zero-order chi connectivity index (χ0) is 28.9. The van der Waals surface area contributed by atoms with Crippen LogP contribution in [0.3, 0.4) is 0 Å². The van der Waals surface area contributed by atoms with Gasteiger partial charge in [0, 0.05) is 38.4 Å². The molecule has 2 aliphatic heterocycles.